The molecule has 0 atom stereocenters. The molecule has 1 aromatic carbocycles. The molecule has 7 heteroatoms. The fourth-order valence-corrected chi connectivity index (χ4v) is 5.55. The van der Waals surface area contributed by atoms with Gasteiger partial charge in [0.05, 0.1) is 17.9 Å². The lowest BCUT2D eigenvalue weighted by molar-refractivity contribution is 0.0526. The largest absolute Gasteiger partial charge is 0.462 e. The van der Waals surface area contributed by atoms with Crippen LogP contribution in [0.15, 0.2) is 41.9 Å². The predicted molar refractivity (Wildman–Crippen MR) is 122 cm³/mol. The summed E-state index contributed by atoms with van der Waals surface area (Å²) in [5.74, 6) is -0.299. The fourth-order valence-electron chi connectivity index (χ4n) is 3.51. The van der Waals surface area contributed by atoms with Gasteiger partial charge in [0, 0.05) is 22.0 Å². The van der Waals surface area contributed by atoms with E-state index in [1.165, 1.54) is 16.2 Å². The van der Waals surface area contributed by atoms with E-state index in [1.54, 1.807) is 17.5 Å². The Balaban J connectivity index is 1.62. The van der Waals surface area contributed by atoms with Crippen molar-refractivity contribution in [3.63, 3.8) is 0 Å². The summed E-state index contributed by atoms with van der Waals surface area (Å²) >= 11 is 3.01. The first kappa shape index (κ1) is 20.3. The second kappa shape index (κ2) is 9.24. The third kappa shape index (κ3) is 4.16. The van der Waals surface area contributed by atoms with Gasteiger partial charge in [-0.2, -0.15) is 5.26 Å². The molecule has 0 bridgehead atoms. The summed E-state index contributed by atoms with van der Waals surface area (Å²) in [7, 11) is 0. The Hall–Kier alpha value is -2.95. The molecule has 4 rings (SSSR count). The summed E-state index contributed by atoms with van der Waals surface area (Å²) in [6, 6.07) is 12.1. The molecule has 2 aromatic heterocycles. The molecule has 5 nitrogen and oxygen atoms in total. The summed E-state index contributed by atoms with van der Waals surface area (Å²) in [6.07, 6.45) is 5.74. The van der Waals surface area contributed by atoms with Crippen molar-refractivity contribution in [2.75, 3.05) is 11.9 Å². The normalized spacial score (nSPS) is 13.4. The summed E-state index contributed by atoms with van der Waals surface area (Å²) in [5, 5.41) is 16.2. The van der Waals surface area contributed by atoms with Gasteiger partial charge in [-0.3, -0.25) is 0 Å². The number of ether oxygens (including phenoxy) is 1. The Kier molecular flexibility index (Phi) is 6.26. The van der Waals surface area contributed by atoms with Crippen LogP contribution in [0.3, 0.4) is 0 Å². The lowest BCUT2D eigenvalue weighted by Crippen LogP contribution is -2.10. The minimum atomic E-state index is -0.299. The smallest absolute Gasteiger partial charge is 0.341 e. The first-order chi connectivity index (χ1) is 14.7. The van der Waals surface area contributed by atoms with Crippen molar-refractivity contribution in [1.82, 2.24) is 4.98 Å². The summed E-state index contributed by atoms with van der Waals surface area (Å²) in [5.41, 5.74) is 4.01. The molecule has 0 saturated heterocycles. The molecule has 0 aliphatic heterocycles. The van der Waals surface area contributed by atoms with Crippen molar-refractivity contribution in [3.8, 4) is 17.3 Å². The molecule has 0 unspecified atom stereocenters. The van der Waals surface area contributed by atoms with Gasteiger partial charge >= 0.3 is 5.97 Å². The van der Waals surface area contributed by atoms with Crippen molar-refractivity contribution in [3.05, 3.63) is 62.9 Å². The van der Waals surface area contributed by atoms with Gasteiger partial charge in [-0.1, -0.05) is 30.3 Å². The highest BCUT2D eigenvalue weighted by Crippen LogP contribution is 2.39. The number of nitriles is 1. The van der Waals surface area contributed by atoms with Gasteiger partial charge in [0.1, 0.15) is 21.7 Å². The standard InChI is InChI=1S/C23H21N3O2S2/c1-2-28-23(27)20-17-10-6-7-11-19(17)30-22(20)25-13-16(12-24)21-26-18(14-29-21)15-8-4-3-5-9-15/h3-5,8-9,13-14,25H,2,6-7,10-11H2,1H3/b16-13-. The van der Waals surface area contributed by atoms with E-state index >= 15 is 0 Å². The molecule has 0 spiro atoms. The Morgan fingerprint density at radius 3 is 2.87 bits per heavy atom. The Morgan fingerprint density at radius 1 is 1.30 bits per heavy atom. The number of nitrogens with one attached hydrogen (secondary N) is 1. The number of anilines is 1. The molecule has 30 heavy (non-hydrogen) atoms. The number of thiazole rings is 1. The first-order valence-corrected chi connectivity index (χ1v) is 11.6. The molecular weight excluding hydrogens is 414 g/mol. The van der Waals surface area contributed by atoms with Crippen molar-refractivity contribution in [2.45, 2.75) is 32.6 Å². The van der Waals surface area contributed by atoms with Crippen LogP contribution >= 0.6 is 22.7 Å². The molecule has 1 aliphatic rings. The fraction of sp³-hybridized carbons (Fsp3) is 0.261. The third-order valence-corrected chi connectivity index (χ3v) is 7.02. The van der Waals surface area contributed by atoms with E-state index in [-0.39, 0.29) is 5.97 Å². The van der Waals surface area contributed by atoms with Crippen molar-refractivity contribution in [2.24, 2.45) is 0 Å². The minimum absolute atomic E-state index is 0.299. The third-order valence-electron chi connectivity index (χ3n) is 4.92. The SMILES string of the molecule is CCOC(=O)c1c(N/C=C(/C#N)c2nc(-c3ccccc3)cs2)sc2c1CCCC2. The van der Waals surface area contributed by atoms with E-state index < -0.39 is 0 Å². The van der Waals surface area contributed by atoms with Crippen LogP contribution in [0.5, 0.6) is 0 Å². The first-order valence-electron chi connectivity index (χ1n) is 9.91. The second-order valence-electron chi connectivity index (χ2n) is 6.85. The Labute approximate surface area is 183 Å². The number of benzene rings is 1. The van der Waals surface area contributed by atoms with Crippen LogP contribution in [-0.2, 0) is 17.6 Å². The highest BCUT2D eigenvalue weighted by molar-refractivity contribution is 7.16. The van der Waals surface area contributed by atoms with Crippen LogP contribution in [0.2, 0.25) is 0 Å². The highest BCUT2D eigenvalue weighted by Gasteiger charge is 2.26. The zero-order chi connectivity index (χ0) is 20.9. The molecule has 2 heterocycles. The zero-order valence-corrected chi connectivity index (χ0v) is 18.2. The lowest BCUT2D eigenvalue weighted by Gasteiger charge is -2.12. The number of allylic oxidation sites excluding steroid dienone is 1. The number of nitrogens with zero attached hydrogens (tertiary/aromatic N) is 2. The van der Waals surface area contributed by atoms with Gasteiger partial charge in [0.25, 0.3) is 0 Å². The van der Waals surface area contributed by atoms with Crippen LogP contribution in [0.1, 0.15) is 45.6 Å². The van der Waals surface area contributed by atoms with E-state index in [4.69, 9.17) is 4.74 Å². The number of fused-ring (bicyclic) bond motifs is 1. The number of rotatable bonds is 6. The Morgan fingerprint density at radius 2 is 2.10 bits per heavy atom. The second-order valence-corrected chi connectivity index (χ2v) is 8.82. The van der Waals surface area contributed by atoms with Gasteiger partial charge in [0.2, 0.25) is 0 Å². The molecule has 1 aliphatic carbocycles. The van der Waals surface area contributed by atoms with Gasteiger partial charge < -0.3 is 10.1 Å². The quantitative estimate of drug-likeness (QED) is 0.385. The number of aromatic nitrogens is 1. The molecule has 1 N–H and O–H groups in total. The van der Waals surface area contributed by atoms with Crippen molar-refractivity contribution in [1.29, 1.82) is 5.26 Å². The molecule has 152 valence electrons. The molecular formula is C23H21N3O2S2. The molecule has 3 aromatic rings. The van der Waals surface area contributed by atoms with E-state index in [1.807, 2.05) is 42.6 Å². The maximum absolute atomic E-state index is 12.6. The molecule has 0 radical (unpaired) electrons. The topological polar surface area (TPSA) is 75.0 Å². The summed E-state index contributed by atoms with van der Waals surface area (Å²) in [6.45, 7) is 2.15. The van der Waals surface area contributed by atoms with Gasteiger partial charge in [-0.05, 0) is 38.2 Å². The van der Waals surface area contributed by atoms with Crippen LogP contribution in [0.4, 0.5) is 5.00 Å². The number of carbonyl (C=O) groups excluding carboxylic acids is 1. The van der Waals surface area contributed by atoms with E-state index in [0.717, 1.165) is 47.5 Å². The zero-order valence-electron chi connectivity index (χ0n) is 16.6. The van der Waals surface area contributed by atoms with Crippen LogP contribution < -0.4 is 5.32 Å². The number of aryl methyl sites for hydroxylation is 1. The summed E-state index contributed by atoms with van der Waals surface area (Å²) in [4.78, 5) is 18.4. The lowest BCUT2D eigenvalue weighted by atomic mass is 9.95. The van der Waals surface area contributed by atoms with E-state index in [0.29, 0.717) is 22.8 Å². The van der Waals surface area contributed by atoms with E-state index in [9.17, 15) is 10.1 Å². The van der Waals surface area contributed by atoms with Crippen molar-refractivity contribution >= 4 is 39.2 Å². The number of hydrogen-bond donors (Lipinski definition) is 1. The number of esters is 1. The molecule has 0 saturated carbocycles. The van der Waals surface area contributed by atoms with Gasteiger partial charge in [0.15, 0.2) is 0 Å². The Bertz CT molecular complexity index is 1120. The predicted octanol–water partition coefficient (Wildman–Crippen LogP) is 5.90. The van der Waals surface area contributed by atoms with Crippen molar-refractivity contribution < 1.29 is 9.53 Å². The summed E-state index contributed by atoms with van der Waals surface area (Å²) < 4.78 is 5.29. The number of carbonyl (C=O) groups is 1. The average molecular weight is 436 g/mol. The number of hydrogen-bond acceptors (Lipinski definition) is 7. The molecule has 0 fully saturated rings. The van der Waals surface area contributed by atoms with Crippen LogP contribution in [0, 0.1) is 11.3 Å². The maximum Gasteiger partial charge on any atom is 0.341 e. The van der Waals surface area contributed by atoms with Crippen LogP contribution in [0.25, 0.3) is 16.8 Å². The van der Waals surface area contributed by atoms with Gasteiger partial charge in [-0.25, -0.2) is 9.78 Å². The van der Waals surface area contributed by atoms with Gasteiger partial charge in [-0.15, -0.1) is 22.7 Å². The van der Waals surface area contributed by atoms with Crippen LogP contribution in [-0.4, -0.2) is 17.6 Å². The maximum atomic E-state index is 12.6. The van der Waals surface area contributed by atoms with E-state index in [2.05, 4.69) is 16.4 Å². The highest BCUT2D eigenvalue weighted by atomic mass is 32.1. The number of thiophene rings is 1. The average Bonchev–Trinajstić information content (AvgIpc) is 3.40. The molecule has 0 amide bonds. The monoisotopic (exact) mass is 435 g/mol. The minimum Gasteiger partial charge on any atom is -0.462 e.